The van der Waals surface area contributed by atoms with Crippen LogP contribution in [0.1, 0.15) is 60.3 Å². The van der Waals surface area contributed by atoms with Crippen molar-refractivity contribution < 1.29 is 14.3 Å². The molecule has 0 aliphatic heterocycles. The third-order valence-electron chi connectivity index (χ3n) is 4.91. The molecule has 106 valence electrons. The Morgan fingerprint density at radius 3 is 2.22 bits per heavy atom. The fourth-order valence-corrected chi connectivity index (χ4v) is 2.90. The summed E-state index contributed by atoms with van der Waals surface area (Å²) in [6, 6.07) is 0. The molecular weight excluding hydrogens is 228 g/mol. The highest BCUT2D eigenvalue weighted by molar-refractivity contribution is 5.79. The van der Waals surface area contributed by atoms with Gasteiger partial charge in [0.05, 0.1) is 5.41 Å². The summed E-state index contributed by atoms with van der Waals surface area (Å²) >= 11 is 0. The van der Waals surface area contributed by atoms with Crippen molar-refractivity contribution in [1.29, 1.82) is 0 Å². The molecule has 0 aromatic rings. The van der Waals surface area contributed by atoms with Crippen molar-refractivity contribution in [1.82, 2.24) is 0 Å². The van der Waals surface area contributed by atoms with Crippen molar-refractivity contribution in [3.8, 4) is 0 Å². The molecule has 0 aromatic heterocycles. The van der Waals surface area contributed by atoms with Gasteiger partial charge in [-0.1, -0.05) is 41.0 Å². The number of carbonyl (C=O) groups excluding carboxylic acids is 1. The first kappa shape index (κ1) is 15.5. The average molecular weight is 256 g/mol. The third-order valence-corrected chi connectivity index (χ3v) is 4.91. The number of methoxy groups -OCH3 is 1. The molecule has 1 aliphatic rings. The smallest absolute Gasteiger partial charge is 0.314 e. The van der Waals surface area contributed by atoms with E-state index in [2.05, 4.69) is 34.6 Å². The van der Waals surface area contributed by atoms with Crippen LogP contribution in [-0.2, 0) is 14.3 Å². The van der Waals surface area contributed by atoms with E-state index in [0.29, 0.717) is 0 Å². The van der Waals surface area contributed by atoms with Crippen molar-refractivity contribution >= 4 is 5.97 Å². The van der Waals surface area contributed by atoms with Gasteiger partial charge in [-0.25, -0.2) is 0 Å². The predicted octanol–water partition coefficient (Wildman–Crippen LogP) is 3.77. The van der Waals surface area contributed by atoms with Crippen LogP contribution >= 0.6 is 0 Å². The molecule has 0 N–H and O–H groups in total. The van der Waals surface area contributed by atoms with Gasteiger partial charge in [-0.05, 0) is 30.1 Å². The molecule has 0 spiro atoms. The predicted molar refractivity (Wildman–Crippen MR) is 72.1 cm³/mol. The molecule has 0 aromatic carbocycles. The van der Waals surface area contributed by atoms with E-state index in [1.807, 2.05) is 0 Å². The maximum Gasteiger partial charge on any atom is 0.314 e. The molecule has 0 bridgehead atoms. The fraction of sp³-hybridized carbons (Fsp3) is 0.933. The largest absolute Gasteiger partial charge is 0.438 e. The number of rotatable bonds is 6. The number of hydrogen-bond donors (Lipinski definition) is 0. The van der Waals surface area contributed by atoms with Crippen LogP contribution in [0.25, 0.3) is 0 Å². The van der Waals surface area contributed by atoms with Gasteiger partial charge in [0.15, 0.2) is 6.79 Å². The Morgan fingerprint density at radius 1 is 1.28 bits per heavy atom. The lowest BCUT2D eigenvalue weighted by molar-refractivity contribution is -0.193. The highest BCUT2D eigenvalue weighted by atomic mass is 16.7. The molecule has 0 amide bonds. The molecule has 1 aliphatic carbocycles. The Labute approximate surface area is 111 Å². The highest BCUT2D eigenvalue weighted by Crippen LogP contribution is 2.62. The van der Waals surface area contributed by atoms with Crippen LogP contribution < -0.4 is 0 Å². The first-order valence-corrected chi connectivity index (χ1v) is 6.87. The Kier molecular flexibility index (Phi) is 4.47. The molecule has 3 heteroatoms. The molecule has 1 unspecified atom stereocenters. The van der Waals surface area contributed by atoms with Crippen LogP contribution in [-0.4, -0.2) is 19.9 Å². The van der Waals surface area contributed by atoms with Gasteiger partial charge in [-0.15, -0.1) is 0 Å². The Morgan fingerprint density at radius 2 is 1.89 bits per heavy atom. The summed E-state index contributed by atoms with van der Waals surface area (Å²) in [7, 11) is 1.54. The first-order chi connectivity index (χ1) is 8.21. The molecule has 3 nitrogen and oxygen atoms in total. The van der Waals surface area contributed by atoms with Gasteiger partial charge in [0.25, 0.3) is 0 Å². The summed E-state index contributed by atoms with van der Waals surface area (Å²) in [5.41, 5.74) is -0.126. The molecule has 0 radical (unpaired) electrons. The summed E-state index contributed by atoms with van der Waals surface area (Å²) < 4.78 is 10.1. The molecule has 0 heterocycles. The number of hydrogen-bond acceptors (Lipinski definition) is 3. The first-order valence-electron chi connectivity index (χ1n) is 6.87. The van der Waals surface area contributed by atoms with Crippen LogP contribution in [0.3, 0.4) is 0 Å². The lowest BCUT2D eigenvalue weighted by atomic mass is 9.47. The van der Waals surface area contributed by atoms with E-state index in [1.54, 1.807) is 7.11 Å². The van der Waals surface area contributed by atoms with Gasteiger partial charge in [0, 0.05) is 7.11 Å². The summed E-state index contributed by atoms with van der Waals surface area (Å²) in [6.07, 6.45) is 4.00. The van der Waals surface area contributed by atoms with Crippen LogP contribution in [0, 0.1) is 16.2 Å². The van der Waals surface area contributed by atoms with E-state index in [-0.39, 0.29) is 29.0 Å². The van der Waals surface area contributed by atoms with E-state index in [4.69, 9.17) is 9.47 Å². The minimum absolute atomic E-state index is 0.0320. The zero-order valence-corrected chi connectivity index (χ0v) is 12.8. The summed E-state index contributed by atoms with van der Waals surface area (Å²) in [4.78, 5) is 12.4. The van der Waals surface area contributed by atoms with Gasteiger partial charge in [0.1, 0.15) is 0 Å². The fourth-order valence-electron chi connectivity index (χ4n) is 2.90. The Hall–Kier alpha value is -0.570. The van der Waals surface area contributed by atoms with E-state index < -0.39 is 0 Å². The monoisotopic (exact) mass is 256 g/mol. The second-order valence-corrected chi connectivity index (χ2v) is 7.00. The van der Waals surface area contributed by atoms with Crippen molar-refractivity contribution in [3.63, 3.8) is 0 Å². The Balaban J connectivity index is 2.88. The third kappa shape index (κ3) is 2.71. The van der Waals surface area contributed by atoms with Crippen LogP contribution in [0.5, 0.6) is 0 Å². The maximum atomic E-state index is 12.4. The Bertz CT molecular complexity index is 307. The summed E-state index contributed by atoms with van der Waals surface area (Å²) in [5, 5.41) is 0. The summed E-state index contributed by atoms with van der Waals surface area (Å²) in [5.74, 6) is -0.0814. The molecular formula is C15H28O3. The van der Waals surface area contributed by atoms with E-state index in [0.717, 1.165) is 25.7 Å². The van der Waals surface area contributed by atoms with Crippen molar-refractivity contribution in [2.75, 3.05) is 13.9 Å². The average Bonchev–Trinajstić information content (AvgIpc) is 2.31. The van der Waals surface area contributed by atoms with E-state index >= 15 is 0 Å². The second kappa shape index (κ2) is 5.20. The summed E-state index contributed by atoms with van der Waals surface area (Å²) in [6.45, 7) is 11.1. The lowest BCUT2D eigenvalue weighted by Crippen LogP contribution is -2.55. The quantitative estimate of drug-likeness (QED) is 0.536. The molecule has 18 heavy (non-hydrogen) atoms. The highest BCUT2D eigenvalue weighted by Gasteiger charge is 2.60. The number of esters is 1. The van der Waals surface area contributed by atoms with Gasteiger partial charge in [0.2, 0.25) is 0 Å². The maximum absolute atomic E-state index is 12.4. The molecule has 1 saturated carbocycles. The zero-order chi connectivity index (χ0) is 14.0. The van der Waals surface area contributed by atoms with Crippen molar-refractivity contribution in [2.24, 2.45) is 16.2 Å². The topological polar surface area (TPSA) is 35.5 Å². The van der Waals surface area contributed by atoms with Crippen molar-refractivity contribution in [3.05, 3.63) is 0 Å². The van der Waals surface area contributed by atoms with Crippen LogP contribution in [0.2, 0.25) is 0 Å². The van der Waals surface area contributed by atoms with Gasteiger partial charge in [-0.3, -0.25) is 4.79 Å². The molecule has 1 fully saturated rings. The normalized spacial score (nSPS) is 26.6. The number of carbonyl (C=O) groups is 1. The van der Waals surface area contributed by atoms with Crippen LogP contribution in [0.15, 0.2) is 0 Å². The number of ether oxygens (including phenoxy) is 2. The lowest BCUT2D eigenvalue weighted by Gasteiger charge is -2.56. The van der Waals surface area contributed by atoms with Crippen LogP contribution in [0.4, 0.5) is 0 Å². The van der Waals surface area contributed by atoms with Crippen molar-refractivity contribution in [2.45, 2.75) is 60.3 Å². The minimum atomic E-state index is -0.328. The van der Waals surface area contributed by atoms with Gasteiger partial charge < -0.3 is 9.47 Å². The van der Waals surface area contributed by atoms with Gasteiger partial charge >= 0.3 is 5.97 Å². The van der Waals surface area contributed by atoms with E-state index in [9.17, 15) is 4.79 Å². The van der Waals surface area contributed by atoms with E-state index in [1.165, 1.54) is 0 Å². The standard InChI is InChI=1S/C15H28O3/c1-7-13(2,3)10-15(9-8-14(15,4)5)12(16)18-11-17-6/h7-11H2,1-6H3. The second-order valence-electron chi connectivity index (χ2n) is 7.00. The molecule has 1 rings (SSSR count). The molecule has 0 saturated heterocycles. The van der Waals surface area contributed by atoms with Gasteiger partial charge in [-0.2, -0.15) is 0 Å². The zero-order valence-electron chi connectivity index (χ0n) is 12.8. The molecule has 1 atom stereocenters. The minimum Gasteiger partial charge on any atom is -0.438 e. The SMILES string of the molecule is CCC(C)(C)CC1(C(=O)OCOC)CCC1(C)C.